The average Bonchev–Trinajstić information content (AvgIpc) is 3.03. The number of rotatable bonds is 2. The fourth-order valence-corrected chi connectivity index (χ4v) is 2.95. The molecule has 1 aliphatic rings. The Balaban J connectivity index is 2.22. The van der Waals surface area contributed by atoms with E-state index >= 15 is 0 Å². The van der Waals surface area contributed by atoms with Gasteiger partial charge in [0.25, 0.3) is 5.91 Å². The van der Waals surface area contributed by atoms with Gasteiger partial charge in [-0.3, -0.25) is 4.79 Å². The first-order valence-electron chi connectivity index (χ1n) is 6.93. The van der Waals surface area contributed by atoms with Crippen LogP contribution in [0.3, 0.4) is 0 Å². The highest BCUT2D eigenvalue weighted by molar-refractivity contribution is 5.97. The Hall–Kier alpha value is -2.11. The summed E-state index contributed by atoms with van der Waals surface area (Å²) < 4.78 is 2.06. The summed E-state index contributed by atoms with van der Waals surface area (Å²) in [6.07, 6.45) is 6.25. The minimum absolute atomic E-state index is 0.00604. The molecule has 0 spiro atoms. The van der Waals surface area contributed by atoms with Gasteiger partial charge in [-0.15, -0.1) is 0 Å². The van der Waals surface area contributed by atoms with Gasteiger partial charge in [-0.25, -0.2) is 4.98 Å². The second kappa shape index (κ2) is 4.77. The topological polar surface area (TPSA) is 77.0 Å². The molecule has 6 heteroatoms. The monoisotopic (exact) mass is 273 g/mol. The molecule has 1 amide bonds. The van der Waals surface area contributed by atoms with E-state index < -0.39 is 0 Å². The smallest absolute Gasteiger partial charge is 0.270 e. The number of aromatic nitrogens is 3. The van der Waals surface area contributed by atoms with Crippen LogP contribution in [0, 0.1) is 0 Å². The van der Waals surface area contributed by atoms with Crippen LogP contribution in [0.2, 0.25) is 0 Å². The van der Waals surface area contributed by atoms with Gasteiger partial charge in [0.15, 0.2) is 0 Å². The lowest BCUT2D eigenvalue weighted by molar-refractivity contribution is 0.0815. The Bertz CT molecular complexity index is 655. The van der Waals surface area contributed by atoms with Crippen molar-refractivity contribution < 1.29 is 4.79 Å². The average molecular weight is 273 g/mol. The maximum Gasteiger partial charge on any atom is 0.270 e. The second-order valence-corrected chi connectivity index (χ2v) is 5.54. The van der Waals surface area contributed by atoms with Gasteiger partial charge in [0.05, 0.1) is 0 Å². The van der Waals surface area contributed by atoms with Crippen molar-refractivity contribution in [3.63, 3.8) is 0 Å². The predicted molar refractivity (Wildman–Crippen MR) is 77.5 cm³/mol. The summed E-state index contributed by atoms with van der Waals surface area (Å²) in [5.41, 5.74) is 7.16. The van der Waals surface area contributed by atoms with Gasteiger partial charge in [-0.05, 0) is 18.9 Å². The van der Waals surface area contributed by atoms with Crippen molar-refractivity contribution in [3.05, 3.63) is 18.0 Å². The SMILES string of the molecule is CN(C)C(=O)c1cc2cnc(N)nc2n1C1CCCC1. The summed E-state index contributed by atoms with van der Waals surface area (Å²) in [5, 5.41) is 0.872. The minimum atomic E-state index is -0.00604. The molecule has 2 aromatic heterocycles. The van der Waals surface area contributed by atoms with Crippen LogP contribution in [0.4, 0.5) is 5.95 Å². The van der Waals surface area contributed by atoms with Crippen molar-refractivity contribution in [2.75, 3.05) is 19.8 Å². The first-order chi connectivity index (χ1) is 9.58. The molecule has 2 N–H and O–H groups in total. The van der Waals surface area contributed by atoms with Crippen LogP contribution in [0.5, 0.6) is 0 Å². The van der Waals surface area contributed by atoms with Gasteiger partial charge in [-0.1, -0.05) is 12.8 Å². The van der Waals surface area contributed by atoms with Crippen LogP contribution in [0.25, 0.3) is 11.0 Å². The van der Waals surface area contributed by atoms with E-state index in [-0.39, 0.29) is 11.9 Å². The van der Waals surface area contributed by atoms with E-state index in [1.807, 2.05) is 6.07 Å². The molecule has 1 saturated carbocycles. The highest BCUT2D eigenvalue weighted by Crippen LogP contribution is 2.34. The molecule has 0 atom stereocenters. The van der Waals surface area contributed by atoms with Crippen LogP contribution >= 0.6 is 0 Å². The van der Waals surface area contributed by atoms with E-state index in [9.17, 15) is 4.79 Å². The molecule has 0 aliphatic heterocycles. The molecule has 1 aliphatic carbocycles. The third-order valence-electron chi connectivity index (χ3n) is 3.91. The number of fused-ring (bicyclic) bond motifs is 1. The lowest BCUT2D eigenvalue weighted by atomic mass is 10.2. The molecule has 106 valence electrons. The first-order valence-corrected chi connectivity index (χ1v) is 6.93. The lowest BCUT2D eigenvalue weighted by Crippen LogP contribution is -2.25. The van der Waals surface area contributed by atoms with Gasteiger partial charge in [-0.2, -0.15) is 4.98 Å². The molecular weight excluding hydrogens is 254 g/mol. The van der Waals surface area contributed by atoms with Crippen LogP contribution in [0.15, 0.2) is 12.3 Å². The zero-order valence-corrected chi connectivity index (χ0v) is 11.8. The molecule has 0 unspecified atom stereocenters. The zero-order valence-electron chi connectivity index (χ0n) is 11.8. The Morgan fingerprint density at radius 2 is 2.10 bits per heavy atom. The predicted octanol–water partition coefficient (Wildman–Crippen LogP) is 1.83. The lowest BCUT2D eigenvalue weighted by Gasteiger charge is -2.18. The molecule has 0 aromatic carbocycles. The summed E-state index contributed by atoms with van der Waals surface area (Å²) in [7, 11) is 3.53. The standard InChI is InChI=1S/C14H19N5O/c1-18(2)13(20)11-7-9-8-16-14(15)17-12(9)19(11)10-5-3-4-6-10/h7-8,10H,3-6H2,1-2H3,(H2,15,16,17). The molecule has 0 radical (unpaired) electrons. The quantitative estimate of drug-likeness (QED) is 0.905. The van der Waals surface area contributed by atoms with Gasteiger partial charge in [0.1, 0.15) is 11.3 Å². The van der Waals surface area contributed by atoms with E-state index in [1.54, 1.807) is 25.2 Å². The third kappa shape index (κ3) is 2.01. The molecule has 2 heterocycles. The van der Waals surface area contributed by atoms with Crippen molar-refractivity contribution in [2.45, 2.75) is 31.7 Å². The third-order valence-corrected chi connectivity index (χ3v) is 3.91. The zero-order chi connectivity index (χ0) is 14.3. The number of carbonyl (C=O) groups excluding carboxylic acids is 1. The van der Waals surface area contributed by atoms with E-state index in [2.05, 4.69) is 14.5 Å². The fourth-order valence-electron chi connectivity index (χ4n) is 2.95. The van der Waals surface area contributed by atoms with Crippen molar-refractivity contribution in [3.8, 4) is 0 Å². The number of anilines is 1. The summed E-state index contributed by atoms with van der Waals surface area (Å²) >= 11 is 0. The van der Waals surface area contributed by atoms with Crippen molar-refractivity contribution in [1.82, 2.24) is 19.4 Å². The normalized spacial score (nSPS) is 15.9. The molecule has 1 fully saturated rings. The van der Waals surface area contributed by atoms with Crippen LogP contribution in [0.1, 0.15) is 42.2 Å². The van der Waals surface area contributed by atoms with Crippen molar-refractivity contribution in [2.24, 2.45) is 0 Å². The molecule has 2 aromatic rings. The Labute approximate surface area is 117 Å². The van der Waals surface area contributed by atoms with Gasteiger partial charge < -0.3 is 15.2 Å². The first kappa shape index (κ1) is 12.9. The van der Waals surface area contributed by atoms with Crippen LogP contribution < -0.4 is 5.73 Å². The molecule has 20 heavy (non-hydrogen) atoms. The second-order valence-electron chi connectivity index (χ2n) is 5.54. The maximum atomic E-state index is 12.4. The Morgan fingerprint density at radius 3 is 2.75 bits per heavy atom. The number of nitrogen functional groups attached to an aromatic ring is 1. The number of amides is 1. The van der Waals surface area contributed by atoms with E-state index in [0.717, 1.165) is 23.9 Å². The van der Waals surface area contributed by atoms with Crippen molar-refractivity contribution in [1.29, 1.82) is 0 Å². The number of nitrogens with zero attached hydrogens (tertiary/aromatic N) is 4. The molecule has 0 saturated heterocycles. The molecule has 6 nitrogen and oxygen atoms in total. The number of nitrogens with two attached hydrogens (primary N) is 1. The summed E-state index contributed by atoms with van der Waals surface area (Å²) in [6.45, 7) is 0. The summed E-state index contributed by atoms with van der Waals surface area (Å²) in [4.78, 5) is 22.4. The largest absolute Gasteiger partial charge is 0.368 e. The van der Waals surface area contributed by atoms with E-state index in [4.69, 9.17) is 5.73 Å². The molecule has 0 bridgehead atoms. The van der Waals surface area contributed by atoms with Gasteiger partial charge in [0, 0.05) is 31.7 Å². The molecular formula is C14H19N5O. The highest BCUT2D eigenvalue weighted by Gasteiger charge is 2.26. The number of carbonyl (C=O) groups is 1. The van der Waals surface area contributed by atoms with Gasteiger partial charge >= 0.3 is 0 Å². The minimum Gasteiger partial charge on any atom is -0.368 e. The van der Waals surface area contributed by atoms with Gasteiger partial charge in [0.2, 0.25) is 5.95 Å². The maximum absolute atomic E-state index is 12.4. The Kier molecular flexibility index (Phi) is 3.08. The van der Waals surface area contributed by atoms with Crippen LogP contribution in [-0.2, 0) is 0 Å². The highest BCUT2D eigenvalue weighted by atomic mass is 16.2. The van der Waals surface area contributed by atoms with Crippen molar-refractivity contribution >= 4 is 22.9 Å². The Morgan fingerprint density at radius 1 is 1.40 bits per heavy atom. The summed E-state index contributed by atoms with van der Waals surface area (Å²) in [5.74, 6) is 0.243. The summed E-state index contributed by atoms with van der Waals surface area (Å²) in [6, 6.07) is 2.20. The van der Waals surface area contributed by atoms with Crippen LogP contribution in [-0.4, -0.2) is 39.4 Å². The number of hydrogen-bond donors (Lipinski definition) is 1. The number of hydrogen-bond acceptors (Lipinski definition) is 4. The van der Waals surface area contributed by atoms with E-state index in [0.29, 0.717) is 11.7 Å². The molecule has 3 rings (SSSR count). The van der Waals surface area contributed by atoms with E-state index in [1.165, 1.54) is 12.8 Å². The fraction of sp³-hybridized carbons (Fsp3) is 0.500.